The average molecular weight is 328 g/mol. The Morgan fingerprint density at radius 3 is 3.00 bits per heavy atom. The van der Waals surface area contributed by atoms with Gasteiger partial charge in [0.25, 0.3) is 0 Å². The lowest BCUT2D eigenvalue weighted by Crippen LogP contribution is -2.40. The summed E-state index contributed by atoms with van der Waals surface area (Å²) in [6, 6.07) is 7.67. The summed E-state index contributed by atoms with van der Waals surface area (Å²) >= 11 is 0. The van der Waals surface area contributed by atoms with Crippen LogP contribution in [-0.2, 0) is 0 Å². The standard InChI is InChI=1S/C16H20N6O2/c23-10-14-5-2-8-21(14)16(24)17-12-4-1-3-11(9-12)15-18-19-20-22(15)13-6-7-13/h1,3-4,9,13-14,23H,2,5-8,10H2,(H,17,24)/t14-/m0/s1. The zero-order valence-electron chi connectivity index (χ0n) is 13.3. The van der Waals surface area contributed by atoms with Gasteiger partial charge in [-0.05, 0) is 48.2 Å². The number of aromatic nitrogens is 4. The molecule has 0 unspecified atom stereocenters. The predicted molar refractivity (Wildman–Crippen MR) is 87.4 cm³/mol. The van der Waals surface area contributed by atoms with Crippen LogP contribution in [0.25, 0.3) is 11.4 Å². The Kier molecular flexibility index (Phi) is 3.89. The Bertz CT molecular complexity index is 742. The molecule has 1 saturated heterocycles. The average Bonchev–Trinajstić information content (AvgIpc) is 3.14. The van der Waals surface area contributed by atoms with Gasteiger partial charge in [-0.15, -0.1) is 5.10 Å². The van der Waals surface area contributed by atoms with Crippen molar-refractivity contribution in [1.82, 2.24) is 25.1 Å². The van der Waals surface area contributed by atoms with Gasteiger partial charge in [0.1, 0.15) is 0 Å². The van der Waals surface area contributed by atoms with Crippen LogP contribution in [0.4, 0.5) is 10.5 Å². The SMILES string of the molecule is O=C(Nc1cccc(-c2nnnn2C2CC2)c1)N1CCC[C@H]1CO. The Morgan fingerprint density at radius 2 is 2.21 bits per heavy atom. The molecule has 1 aromatic heterocycles. The summed E-state index contributed by atoms with van der Waals surface area (Å²) in [7, 11) is 0. The second-order valence-corrected chi connectivity index (χ2v) is 6.36. The van der Waals surface area contributed by atoms with E-state index in [4.69, 9.17) is 0 Å². The molecule has 2 aromatic rings. The molecule has 1 atom stereocenters. The van der Waals surface area contributed by atoms with E-state index in [9.17, 15) is 9.90 Å². The van der Waals surface area contributed by atoms with Crippen LogP contribution >= 0.6 is 0 Å². The minimum atomic E-state index is -0.175. The first-order chi connectivity index (χ1) is 11.8. The molecule has 24 heavy (non-hydrogen) atoms. The van der Waals surface area contributed by atoms with E-state index in [1.165, 1.54) is 0 Å². The van der Waals surface area contributed by atoms with Gasteiger partial charge in [-0.3, -0.25) is 0 Å². The van der Waals surface area contributed by atoms with E-state index in [0.717, 1.165) is 37.1 Å². The number of nitrogens with one attached hydrogen (secondary N) is 1. The molecule has 8 heteroatoms. The molecule has 126 valence electrons. The van der Waals surface area contributed by atoms with Crippen LogP contribution in [0.5, 0.6) is 0 Å². The number of nitrogens with zero attached hydrogens (tertiary/aromatic N) is 5. The zero-order chi connectivity index (χ0) is 16.5. The Hall–Kier alpha value is -2.48. The molecule has 2 N–H and O–H groups in total. The normalized spacial score (nSPS) is 20.4. The Labute approximate surface area is 139 Å². The fourth-order valence-corrected chi connectivity index (χ4v) is 3.17. The van der Waals surface area contributed by atoms with E-state index < -0.39 is 0 Å². The smallest absolute Gasteiger partial charge is 0.322 e. The van der Waals surface area contributed by atoms with Crippen molar-refractivity contribution in [3.8, 4) is 11.4 Å². The number of aliphatic hydroxyl groups excluding tert-OH is 1. The van der Waals surface area contributed by atoms with Gasteiger partial charge < -0.3 is 15.3 Å². The molecule has 0 spiro atoms. The molecule has 1 aliphatic heterocycles. The van der Waals surface area contributed by atoms with Crippen LogP contribution in [0.2, 0.25) is 0 Å². The number of carbonyl (C=O) groups excluding carboxylic acids is 1. The summed E-state index contributed by atoms with van der Waals surface area (Å²) in [6.07, 6.45) is 3.98. The lowest BCUT2D eigenvalue weighted by Gasteiger charge is -2.23. The van der Waals surface area contributed by atoms with Crippen LogP contribution in [-0.4, -0.2) is 55.4 Å². The lowest BCUT2D eigenvalue weighted by molar-refractivity contribution is 0.166. The van der Waals surface area contributed by atoms with Crippen molar-refractivity contribution in [2.45, 2.75) is 37.8 Å². The maximum absolute atomic E-state index is 12.4. The van der Waals surface area contributed by atoms with Crippen molar-refractivity contribution in [3.05, 3.63) is 24.3 Å². The molecule has 2 amide bonds. The monoisotopic (exact) mass is 328 g/mol. The molecular weight excluding hydrogens is 308 g/mol. The molecule has 2 heterocycles. The summed E-state index contributed by atoms with van der Waals surface area (Å²) in [4.78, 5) is 14.1. The second-order valence-electron chi connectivity index (χ2n) is 6.36. The van der Waals surface area contributed by atoms with Crippen molar-refractivity contribution in [2.24, 2.45) is 0 Å². The number of rotatable bonds is 4. The number of amides is 2. The van der Waals surface area contributed by atoms with Crippen LogP contribution in [0.15, 0.2) is 24.3 Å². The molecule has 4 rings (SSSR count). The second kappa shape index (κ2) is 6.20. The number of carbonyl (C=O) groups is 1. The molecule has 1 aromatic carbocycles. The number of hydrogen-bond acceptors (Lipinski definition) is 5. The molecule has 2 fully saturated rings. The van der Waals surface area contributed by atoms with E-state index in [0.29, 0.717) is 18.3 Å². The molecular formula is C16H20N6O2. The predicted octanol–water partition coefficient (Wildman–Crippen LogP) is 1.66. The number of urea groups is 1. The summed E-state index contributed by atoms with van der Waals surface area (Å²) in [5.41, 5.74) is 1.58. The largest absolute Gasteiger partial charge is 0.394 e. The van der Waals surface area contributed by atoms with E-state index in [1.54, 1.807) is 4.90 Å². The first-order valence-electron chi connectivity index (χ1n) is 8.33. The fourth-order valence-electron chi connectivity index (χ4n) is 3.17. The van der Waals surface area contributed by atoms with Crippen LogP contribution in [0.3, 0.4) is 0 Å². The molecule has 2 aliphatic rings. The van der Waals surface area contributed by atoms with Gasteiger partial charge >= 0.3 is 6.03 Å². The maximum Gasteiger partial charge on any atom is 0.322 e. The highest BCUT2D eigenvalue weighted by Gasteiger charge is 2.29. The van der Waals surface area contributed by atoms with Gasteiger partial charge in [-0.25, -0.2) is 9.48 Å². The number of hydrogen-bond donors (Lipinski definition) is 2. The summed E-state index contributed by atoms with van der Waals surface area (Å²) in [5, 5.41) is 24.2. The highest BCUT2D eigenvalue weighted by atomic mass is 16.3. The third-order valence-electron chi connectivity index (χ3n) is 4.61. The van der Waals surface area contributed by atoms with E-state index >= 15 is 0 Å². The van der Waals surface area contributed by atoms with E-state index in [-0.39, 0.29) is 18.7 Å². The van der Waals surface area contributed by atoms with Crippen molar-refractivity contribution < 1.29 is 9.90 Å². The Balaban J connectivity index is 1.52. The maximum atomic E-state index is 12.4. The minimum Gasteiger partial charge on any atom is -0.394 e. The number of tetrazole rings is 1. The lowest BCUT2D eigenvalue weighted by atomic mass is 10.2. The van der Waals surface area contributed by atoms with Gasteiger partial charge in [-0.1, -0.05) is 12.1 Å². The summed E-state index contributed by atoms with van der Waals surface area (Å²) < 4.78 is 1.85. The van der Waals surface area contributed by atoms with Crippen molar-refractivity contribution in [1.29, 1.82) is 0 Å². The van der Waals surface area contributed by atoms with Gasteiger partial charge in [0.2, 0.25) is 0 Å². The summed E-state index contributed by atoms with van der Waals surface area (Å²) in [6.45, 7) is 0.681. The topological polar surface area (TPSA) is 96.2 Å². The fraction of sp³-hybridized carbons (Fsp3) is 0.500. The number of benzene rings is 1. The van der Waals surface area contributed by atoms with Crippen LogP contribution < -0.4 is 5.32 Å². The number of likely N-dealkylation sites (tertiary alicyclic amines) is 1. The first kappa shape index (κ1) is 15.1. The molecule has 1 aliphatic carbocycles. The molecule has 1 saturated carbocycles. The minimum absolute atomic E-state index is 0.00359. The van der Waals surface area contributed by atoms with Crippen molar-refractivity contribution in [2.75, 3.05) is 18.5 Å². The van der Waals surface area contributed by atoms with Gasteiger partial charge in [0.05, 0.1) is 18.7 Å². The molecule has 0 bridgehead atoms. The van der Waals surface area contributed by atoms with Gasteiger partial charge in [0.15, 0.2) is 5.82 Å². The van der Waals surface area contributed by atoms with Crippen LogP contribution in [0, 0.1) is 0 Å². The van der Waals surface area contributed by atoms with E-state index in [1.807, 2.05) is 28.9 Å². The number of anilines is 1. The third kappa shape index (κ3) is 2.84. The highest BCUT2D eigenvalue weighted by molar-refractivity contribution is 5.90. The first-order valence-corrected chi connectivity index (χ1v) is 8.33. The molecule has 0 radical (unpaired) electrons. The number of aliphatic hydroxyl groups is 1. The molecule has 8 nitrogen and oxygen atoms in total. The third-order valence-corrected chi connectivity index (χ3v) is 4.61. The Morgan fingerprint density at radius 1 is 1.33 bits per heavy atom. The van der Waals surface area contributed by atoms with Crippen molar-refractivity contribution >= 4 is 11.7 Å². The van der Waals surface area contributed by atoms with E-state index in [2.05, 4.69) is 20.8 Å². The zero-order valence-corrected chi connectivity index (χ0v) is 13.3. The van der Waals surface area contributed by atoms with Crippen molar-refractivity contribution in [3.63, 3.8) is 0 Å². The van der Waals surface area contributed by atoms with Crippen LogP contribution in [0.1, 0.15) is 31.7 Å². The van der Waals surface area contributed by atoms with Gasteiger partial charge in [0, 0.05) is 17.8 Å². The highest BCUT2D eigenvalue weighted by Crippen LogP contribution is 2.36. The quantitative estimate of drug-likeness (QED) is 0.890. The summed E-state index contributed by atoms with van der Waals surface area (Å²) in [5.74, 6) is 0.725. The van der Waals surface area contributed by atoms with Gasteiger partial charge in [-0.2, -0.15) is 0 Å².